The van der Waals surface area contributed by atoms with E-state index in [1.54, 1.807) is 0 Å². The summed E-state index contributed by atoms with van der Waals surface area (Å²) >= 11 is 0. The van der Waals surface area contributed by atoms with Crippen molar-refractivity contribution in [3.63, 3.8) is 0 Å². The van der Waals surface area contributed by atoms with Gasteiger partial charge in [-0.2, -0.15) is 0 Å². The maximum absolute atomic E-state index is 12.3. The van der Waals surface area contributed by atoms with E-state index in [0.29, 0.717) is 6.10 Å². The van der Waals surface area contributed by atoms with Gasteiger partial charge in [0, 0.05) is 26.2 Å². The third kappa shape index (κ3) is 2.79. The Hall–Kier alpha value is -0.610. The van der Waals surface area contributed by atoms with E-state index in [1.807, 2.05) is 0 Å². The van der Waals surface area contributed by atoms with Crippen LogP contribution in [0.15, 0.2) is 0 Å². The molecule has 0 aromatic heterocycles. The highest BCUT2D eigenvalue weighted by Gasteiger charge is 2.45. The lowest BCUT2D eigenvalue weighted by atomic mass is 9.99. The predicted molar refractivity (Wildman–Crippen MR) is 71.7 cm³/mol. The number of carbonyl (C=O) groups excluding carboxylic acids is 1. The van der Waals surface area contributed by atoms with Gasteiger partial charge in [0.1, 0.15) is 0 Å². The second-order valence-electron chi connectivity index (χ2n) is 6.99. The number of fused-ring (bicyclic) bond motifs is 2. The highest BCUT2D eigenvalue weighted by Crippen LogP contribution is 2.36. The number of amides is 1. The normalized spacial score (nSPS) is 38.4. The van der Waals surface area contributed by atoms with E-state index >= 15 is 0 Å². The lowest BCUT2D eigenvalue weighted by molar-refractivity contribution is -0.128. The molecule has 0 radical (unpaired) electrons. The van der Waals surface area contributed by atoms with Crippen molar-refractivity contribution in [2.75, 3.05) is 26.2 Å². The van der Waals surface area contributed by atoms with E-state index in [-0.39, 0.29) is 17.9 Å². The molecule has 4 nitrogen and oxygen atoms in total. The first-order chi connectivity index (χ1) is 9.28. The van der Waals surface area contributed by atoms with E-state index in [9.17, 15) is 4.79 Å². The van der Waals surface area contributed by atoms with Crippen LogP contribution in [0, 0.1) is 17.8 Å². The van der Waals surface area contributed by atoms with Gasteiger partial charge in [-0.05, 0) is 43.9 Å². The highest BCUT2D eigenvalue weighted by molar-refractivity contribution is 5.79. The second-order valence-corrected chi connectivity index (χ2v) is 6.99. The number of rotatable bonds is 5. The summed E-state index contributed by atoms with van der Waals surface area (Å²) in [5, 5.41) is 3.13. The summed E-state index contributed by atoms with van der Waals surface area (Å²) in [6.07, 6.45) is 6.77. The third-order valence-corrected chi connectivity index (χ3v) is 5.04. The molecule has 2 heterocycles. The second kappa shape index (κ2) is 4.74. The minimum absolute atomic E-state index is 0.105. The zero-order chi connectivity index (χ0) is 12.8. The Kier molecular flexibility index (Phi) is 3.03. The number of hydrogen-bond donors (Lipinski definition) is 1. The van der Waals surface area contributed by atoms with Crippen LogP contribution in [-0.2, 0) is 9.53 Å². The Balaban J connectivity index is 1.31. The topological polar surface area (TPSA) is 41.6 Å². The molecule has 2 aliphatic carbocycles. The minimum atomic E-state index is 0.105. The molecule has 19 heavy (non-hydrogen) atoms. The molecule has 4 aliphatic rings. The summed E-state index contributed by atoms with van der Waals surface area (Å²) in [5.41, 5.74) is 0. The zero-order valence-corrected chi connectivity index (χ0v) is 11.5. The van der Waals surface area contributed by atoms with Crippen LogP contribution >= 0.6 is 0 Å². The van der Waals surface area contributed by atoms with E-state index in [0.717, 1.165) is 37.9 Å². The maximum atomic E-state index is 12.3. The van der Waals surface area contributed by atoms with Gasteiger partial charge in [-0.1, -0.05) is 0 Å². The number of hydrogen-bond acceptors (Lipinski definition) is 3. The molecule has 2 saturated carbocycles. The van der Waals surface area contributed by atoms with Crippen molar-refractivity contribution in [1.29, 1.82) is 0 Å². The average molecular weight is 264 g/mol. The van der Waals surface area contributed by atoms with Gasteiger partial charge in [-0.3, -0.25) is 9.69 Å². The molecule has 1 N–H and O–H groups in total. The molecular weight excluding hydrogens is 240 g/mol. The van der Waals surface area contributed by atoms with Crippen LogP contribution in [0.25, 0.3) is 0 Å². The number of nitrogens with one attached hydrogen (secondary N) is 1. The summed E-state index contributed by atoms with van der Waals surface area (Å²) in [4.78, 5) is 14.8. The molecule has 3 atom stereocenters. The van der Waals surface area contributed by atoms with Crippen molar-refractivity contribution >= 4 is 5.91 Å². The molecule has 106 valence electrons. The van der Waals surface area contributed by atoms with Crippen LogP contribution in [-0.4, -0.2) is 49.2 Å². The van der Waals surface area contributed by atoms with Crippen LogP contribution in [0.3, 0.4) is 0 Å². The Morgan fingerprint density at radius 1 is 1.16 bits per heavy atom. The molecule has 2 saturated heterocycles. The fourth-order valence-electron chi connectivity index (χ4n) is 3.53. The van der Waals surface area contributed by atoms with Gasteiger partial charge in [0.25, 0.3) is 0 Å². The summed E-state index contributed by atoms with van der Waals surface area (Å²) in [6, 6.07) is 0. The fourth-order valence-corrected chi connectivity index (χ4v) is 3.53. The van der Waals surface area contributed by atoms with Crippen LogP contribution < -0.4 is 5.32 Å². The monoisotopic (exact) mass is 264 g/mol. The van der Waals surface area contributed by atoms with Crippen molar-refractivity contribution in [1.82, 2.24) is 10.2 Å². The van der Waals surface area contributed by atoms with Crippen molar-refractivity contribution in [2.24, 2.45) is 17.8 Å². The van der Waals surface area contributed by atoms with Gasteiger partial charge in [-0.15, -0.1) is 0 Å². The number of carbonyl (C=O) groups is 1. The summed E-state index contributed by atoms with van der Waals surface area (Å²) in [6.45, 7) is 4.12. The Bertz CT molecular complexity index is 365. The number of ether oxygens (including phenoxy) is 1. The van der Waals surface area contributed by atoms with E-state index in [4.69, 9.17) is 4.74 Å². The summed E-state index contributed by atoms with van der Waals surface area (Å²) < 4.78 is 5.98. The van der Waals surface area contributed by atoms with Crippen LogP contribution in [0.2, 0.25) is 0 Å². The van der Waals surface area contributed by atoms with E-state index in [1.165, 1.54) is 32.2 Å². The lowest BCUT2D eigenvalue weighted by Gasteiger charge is -2.32. The van der Waals surface area contributed by atoms with Gasteiger partial charge in [0.2, 0.25) is 5.91 Å². The van der Waals surface area contributed by atoms with Gasteiger partial charge in [0.05, 0.1) is 18.1 Å². The fraction of sp³-hybridized carbons (Fsp3) is 0.933. The Morgan fingerprint density at radius 2 is 1.95 bits per heavy atom. The van der Waals surface area contributed by atoms with Gasteiger partial charge >= 0.3 is 0 Å². The molecule has 0 spiro atoms. The molecule has 0 unspecified atom stereocenters. The molecule has 0 aromatic carbocycles. The Labute approximate surface area is 114 Å². The first-order valence-electron chi connectivity index (χ1n) is 7.93. The smallest absolute Gasteiger partial charge is 0.225 e. The quantitative estimate of drug-likeness (QED) is 0.806. The molecule has 0 aromatic rings. The van der Waals surface area contributed by atoms with Gasteiger partial charge < -0.3 is 10.1 Å². The van der Waals surface area contributed by atoms with Crippen molar-refractivity contribution in [3.05, 3.63) is 0 Å². The molecule has 1 amide bonds. The third-order valence-electron chi connectivity index (χ3n) is 5.04. The molecule has 4 heteroatoms. The van der Waals surface area contributed by atoms with E-state index < -0.39 is 0 Å². The largest absolute Gasteiger partial charge is 0.371 e. The van der Waals surface area contributed by atoms with E-state index in [2.05, 4.69) is 10.2 Å². The Morgan fingerprint density at radius 3 is 2.68 bits per heavy atom. The maximum Gasteiger partial charge on any atom is 0.225 e. The van der Waals surface area contributed by atoms with Crippen molar-refractivity contribution in [3.8, 4) is 0 Å². The number of nitrogens with zero attached hydrogens (tertiary/aromatic N) is 1. The number of morpholine rings is 1. The highest BCUT2D eigenvalue weighted by atomic mass is 16.5. The molecular formula is C15H24N2O2. The van der Waals surface area contributed by atoms with Crippen LogP contribution in [0.1, 0.15) is 32.1 Å². The van der Waals surface area contributed by atoms with Crippen LogP contribution in [0.5, 0.6) is 0 Å². The molecule has 4 fully saturated rings. The number of likely N-dealkylation sites (tertiary alicyclic amines) is 1. The van der Waals surface area contributed by atoms with Crippen molar-refractivity contribution in [2.45, 2.75) is 44.3 Å². The predicted octanol–water partition coefficient (Wildman–Crippen LogP) is 1.01. The molecule has 2 aliphatic heterocycles. The average Bonchev–Trinajstić information content (AvgIpc) is 3.28. The molecule has 2 bridgehead atoms. The van der Waals surface area contributed by atoms with Crippen LogP contribution in [0.4, 0.5) is 0 Å². The lowest BCUT2D eigenvalue weighted by Crippen LogP contribution is -2.46. The minimum Gasteiger partial charge on any atom is -0.371 e. The van der Waals surface area contributed by atoms with Gasteiger partial charge in [-0.25, -0.2) is 0 Å². The molecule has 4 rings (SSSR count). The first-order valence-corrected chi connectivity index (χ1v) is 7.93. The first kappa shape index (κ1) is 12.2. The summed E-state index contributed by atoms with van der Waals surface area (Å²) in [5.74, 6) is 2.04. The van der Waals surface area contributed by atoms with Crippen molar-refractivity contribution < 1.29 is 9.53 Å². The summed E-state index contributed by atoms with van der Waals surface area (Å²) in [7, 11) is 0. The zero-order valence-electron chi connectivity index (χ0n) is 11.5. The standard InChI is InChI=1S/C15H24N2O2/c18-15(16-6-10-1-2-10)13-5-12-8-17(7-11-3-4-11)9-14(13)19-12/h10-14H,1-9H2,(H,16,18)/t12-,13+,14-/m1/s1. The SMILES string of the molecule is O=C(NCC1CC1)[C@H]1C[C@@H]2CN(CC3CC3)C[C@H]1O2. The van der Waals surface area contributed by atoms with Gasteiger partial charge in [0.15, 0.2) is 0 Å².